The molecule has 0 saturated carbocycles. The Kier molecular flexibility index (Phi) is 7.19. The molecule has 134 valence electrons. The van der Waals surface area contributed by atoms with Crippen LogP contribution in [0, 0.1) is 11.3 Å². The maximum Gasteiger partial charge on any atom is 0.321 e. The molecule has 0 aliphatic rings. The van der Waals surface area contributed by atoms with Crippen LogP contribution in [0.15, 0.2) is 48.5 Å². The van der Waals surface area contributed by atoms with Crippen LogP contribution in [0.2, 0.25) is 0 Å². The van der Waals surface area contributed by atoms with Crippen molar-refractivity contribution in [2.45, 2.75) is 19.8 Å². The number of nitrogens with one attached hydrogen (secondary N) is 2. The van der Waals surface area contributed by atoms with Gasteiger partial charge in [0.2, 0.25) is 0 Å². The molecule has 6 heteroatoms. The standard InChI is InChI=1S/C20H21N3O3/c1-2-3-12-22-20(25)23-19(24)14-26-18-10-8-17(9-11-18)16-6-4-15(13-21)5-7-16/h4-11H,2-3,12,14H2,1H3,(H2,22,23,24,25). The number of nitrogens with zero attached hydrogens (tertiary/aromatic N) is 1. The molecule has 2 aromatic rings. The number of urea groups is 1. The molecule has 0 aromatic heterocycles. The molecule has 0 spiro atoms. The second-order valence-corrected chi connectivity index (χ2v) is 5.66. The summed E-state index contributed by atoms with van der Waals surface area (Å²) in [5, 5.41) is 13.6. The summed E-state index contributed by atoms with van der Waals surface area (Å²) in [5.74, 6) is 0.0269. The molecule has 3 amide bonds. The normalized spacial score (nSPS) is 9.85. The van der Waals surface area contributed by atoms with E-state index in [2.05, 4.69) is 16.7 Å². The molecule has 2 aromatic carbocycles. The highest BCUT2D eigenvalue weighted by molar-refractivity contribution is 5.94. The number of amides is 3. The Labute approximate surface area is 152 Å². The van der Waals surface area contributed by atoms with Gasteiger partial charge in [-0.3, -0.25) is 10.1 Å². The molecule has 2 N–H and O–H groups in total. The van der Waals surface area contributed by atoms with E-state index < -0.39 is 11.9 Å². The van der Waals surface area contributed by atoms with Crippen LogP contribution < -0.4 is 15.4 Å². The molecular weight excluding hydrogens is 330 g/mol. The number of unbranched alkanes of at least 4 members (excludes halogenated alkanes) is 1. The van der Waals surface area contributed by atoms with Crippen LogP contribution in [-0.2, 0) is 4.79 Å². The molecular formula is C20H21N3O3. The maximum absolute atomic E-state index is 11.7. The van der Waals surface area contributed by atoms with Gasteiger partial charge in [-0.1, -0.05) is 37.6 Å². The van der Waals surface area contributed by atoms with Gasteiger partial charge in [0, 0.05) is 6.54 Å². The van der Waals surface area contributed by atoms with Gasteiger partial charge in [-0.05, 0) is 41.8 Å². The lowest BCUT2D eigenvalue weighted by atomic mass is 10.0. The smallest absolute Gasteiger partial charge is 0.321 e. The van der Waals surface area contributed by atoms with Crippen LogP contribution in [0.5, 0.6) is 5.75 Å². The molecule has 0 radical (unpaired) electrons. The fraction of sp³-hybridized carbons (Fsp3) is 0.250. The van der Waals surface area contributed by atoms with Crippen LogP contribution in [0.3, 0.4) is 0 Å². The fourth-order valence-electron chi connectivity index (χ4n) is 2.22. The number of ether oxygens (including phenoxy) is 1. The summed E-state index contributed by atoms with van der Waals surface area (Å²) >= 11 is 0. The van der Waals surface area contributed by atoms with Crippen LogP contribution in [0.1, 0.15) is 25.3 Å². The van der Waals surface area contributed by atoms with E-state index in [-0.39, 0.29) is 6.61 Å². The highest BCUT2D eigenvalue weighted by Crippen LogP contribution is 2.22. The van der Waals surface area contributed by atoms with E-state index in [1.54, 1.807) is 24.3 Å². The van der Waals surface area contributed by atoms with Crippen molar-refractivity contribution < 1.29 is 14.3 Å². The molecule has 0 atom stereocenters. The minimum atomic E-state index is -0.511. The summed E-state index contributed by atoms with van der Waals surface area (Å²) in [6, 6.07) is 16.1. The van der Waals surface area contributed by atoms with Crippen molar-refractivity contribution in [1.82, 2.24) is 10.6 Å². The van der Waals surface area contributed by atoms with Gasteiger partial charge in [-0.2, -0.15) is 5.26 Å². The SMILES string of the molecule is CCCCNC(=O)NC(=O)COc1ccc(-c2ccc(C#N)cc2)cc1. The molecule has 0 unspecified atom stereocenters. The molecule has 6 nitrogen and oxygen atoms in total. The quantitative estimate of drug-likeness (QED) is 0.749. The second kappa shape index (κ2) is 9.84. The summed E-state index contributed by atoms with van der Waals surface area (Å²) in [5.41, 5.74) is 2.57. The number of rotatable bonds is 7. The van der Waals surface area contributed by atoms with Gasteiger partial charge in [0.25, 0.3) is 5.91 Å². The summed E-state index contributed by atoms with van der Waals surface area (Å²) < 4.78 is 5.39. The largest absolute Gasteiger partial charge is 0.484 e. The van der Waals surface area contributed by atoms with Crippen molar-refractivity contribution in [3.8, 4) is 22.9 Å². The van der Waals surface area contributed by atoms with E-state index in [1.165, 1.54) is 0 Å². The van der Waals surface area contributed by atoms with Crippen molar-refractivity contribution >= 4 is 11.9 Å². The first-order valence-corrected chi connectivity index (χ1v) is 8.43. The first kappa shape index (κ1) is 19.0. The lowest BCUT2D eigenvalue weighted by Gasteiger charge is -2.08. The molecule has 26 heavy (non-hydrogen) atoms. The number of hydrogen-bond acceptors (Lipinski definition) is 4. The zero-order valence-electron chi connectivity index (χ0n) is 14.6. The van der Waals surface area contributed by atoms with Crippen molar-refractivity contribution in [3.05, 3.63) is 54.1 Å². The Morgan fingerprint density at radius 3 is 2.23 bits per heavy atom. The predicted molar refractivity (Wildman–Crippen MR) is 98.5 cm³/mol. The summed E-state index contributed by atoms with van der Waals surface area (Å²) in [6.07, 6.45) is 1.83. The molecule has 0 saturated heterocycles. The molecule has 2 rings (SSSR count). The number of carbonyl (C=O) groups excluding carboxylic acids is 2. The highest BCUT2D eigenvalue weighted by atomic mass is 16.5. The predicted octanol–water partition coefficient (Wildman–Crippen LogP) is 3.23. The number of hydrogen-bond donors (Lipinski definition) is 2. The number of nitriles is 1. The highest BCUT2D eigenvalue weighted by Gasteiger charge is 2.08. The minimum absolute atomic E-state index is 0.239. The first-order chi connectivity index (χ1) is 12.6. The third-order valence-electron chi connectivity index (χ3n) is 3.64. The number of imide groups is 1. The van der Waals surface area contributed by atoms with E-state index in [1.807, 2.05) is 31.2 Å². The Bertz CT molecular complexity index is 777. The van der Waals surface area contributed by atoms with Crippen molar-refractivity contribution in [2.24, 2.45) is 0 Å². The minimum Gasteiger partial charge on any atom is -0.484 e. The summed E-state index contributed by atoms with van der Waals surface area (Å²) in [7, 11) is 0. The monoisotopic (exact) mass is 351 g/mol. The zero-order valence-corrected chi connectivity index (χ0v) is 14.6. The summed E-state index contributed by atoms with van der Waals surface area (Å²) in [6.45, 7) is 2.32. The molecule has 0 heterocycles. The van der Waals surface area contributed by atoms with Crippen LogP contribution in [0.25, 0.3) is 11.1 Å². The molecule has 0 aliphatic carbocycles. The average molecular weight is 351 g/mol. The Hall–Kier alpha value is -3.33. The van der Waals surface area contributed by atoms with E-state index >= 15 is 0 Å². The average Bonchev–Trinajstić information content (AvgIpc) is 2.67. The van der Waals surface area contributed by atoms with Crippen LogP contribution in [-0.4, -0.2) is 25.1 Å². The van der Waals surface area contributed by atoms with Gasteiger partial charge in [0.1, 0.15) is 5.75 Å². The third kappa shape index (κ3) is 5.95. The van der Waals surface area contributed by atoms with Gasteiger partial charge in [0.05, 0.1) is 11.6 Å². The lowest BCUT2D eigenvalue weighted by Crippen LogP contribution is -2.41. The van der Waals surface area contributed by atoms with E-state index in [4.69, 9.17) is 10.00 Å². The molecule has 0 aliphatic heterocycles. The topological polar surface area (TPSA) is 91.2 Å². The zero-order chi connectivity index (χ0) is 18.8. The molecule has 0 fully saturated rings. The lowest BCUT2D eigenvalue weighted by molar-refractivity contribution is -0.122. The van der Waals surface area contributed by atoms with Crippen molar-refractivity contribution in [2.75, 3.05) is 13.2 Å². The third-order valence-corrected chi connectivity index (χ3v) is 3.64. The number of benzene rings is 2. The van der Waals surface area contributed by atoms with Gasteiger partial charge in [-0.25, -0.2) is 4.79 Å². The van der Waals surface area contributed by atoms with Crippen LogP contribution in [0.4, 0.5) is 4.79 Å². The van der Waals surface area contributed by atoms with Gasteiger partial charge in [0.15, 0.2) is 6.61 Å². The second-order valence-electron chi connectivity index (χ2n) is 5.66. The van der Waals surface area contributed by atoms with Gasteiger partial charge >= 0.3 is 6.03 Å². The number of carbonyl (C=O) groups is 2. The van der Waals surface area contributed by atoms with Crippen molar-refractivity contribution in [3.63, 3.8) is 0 Å². The maximum atomic E-state index is 11.7. The van der Waals surface area contributed by atoms with Gasteiger partial charge < -0.3 is 10.1 Å². The van der Waals surface area contributed by atoms with Gasteiger partial charge in [-0.15, -0.1) is 0 Å². The van der Waals surface area contributed by atoms with Crippen molar-refractivity contribution in [1.29, 1.82) is 5.26 Å². The van der Waals surface area contributed by atoms with Crippen LogP contribution >= 0.6 is 0 Å². The van der Waals surface area contributed by atoms with E-state index in [0.29, 0.717) is 17.9 Å². The first-order valence-electron chi connectivity index (χ1n) is 8.43. The van der Waals surface area contributed by atoms with E-state index in [9.17, 15) is 9.59 Å². The Morgan fingerprint density at radius 1 is 1.04 bits per heavy atom. The Morgan fingerprint density at radius 2 is 1.65 bits per heavy atom. The fourth-order valence-corrected chi connectivity index (χ4v) is 2.22. The van der Waals surface area contributed by atoms with E-state index in [0.717, 1.165) is 24.0 Å². The summed E-state index contributed by atoms with van der Waals surface area (Å²) in [4.78, 5) is 23.2. The molecule has 0 bridgehead atoms. The Balaban J connectivity index is 1.82.